The smallest absolute Gasteiger partial charge is 0.230 e. The highest BCUT2D eigenvalue weighted by Crippen LogP contribution is 2.27. The van der Waals surface area contributed by atoms with Crippen LogP contribution in [0.15, 0.2) is 40.9 Å². The molecule has 6 heteroatoms. The summed E-state index contributed by atoms with van der Waals surface area (Å²) in [7, 11) is 0. The molecule has 1 aromatic carbocycles. The van der Waals surface area contributed by atoms with E-state index in [2.05, 4.69) is 15.3 Å². The molecular formula is C18H18FN3O2. The van der Waals surface area contributed by atoms with Crippen molar-refractivity contribution in [1.82, 2.24) is 9.97 Å². The molecule has 0 bridgehead atoms. The van der Waals surface area contributed by atoms with Gasteiger partial charge in [-0.1, -0.05) is 20.8 Å². The standard InChI is InChI=1S/C18H18FN3O2/c1-18(2,3)17-22-14-8-13(6-7-15(14)24-17)21-16(23)9-12-5-4-11(19)10-20-12/h4-8,10H,9H2,1-3H3,(H,21,23). The number of nitrogens with zero attached hydrogens (tertiary/aromatic N) is 2. The van der Waals surface area contributed by atoms with Crippen molar-refractivity contribution in [2.75, 3.05) is 5.32 Å². The van der Waals surface area contributed by atoms with Crippen LogP contribution in [0.1, 0.15) is 32.4 Å². The Balaban J connectivity index is 1.74. The summed E-state index contributed by atoms with van der Waals surface area (Å²) in [6, 6.07) is 8.08. The first kappa shape index (κ1) is 16.1. The van der Waals surface area contributed by atoms with Crippen LogP contribution in [0.3, 0.4) is 0 Å². The summed E-state index contributed by atoms with van der Waals surface area (Å²) in [5.41, 5.74) is 2.32. The van der Waals surface area contributed by atoms with Crippen molar-refractivity contribution in [1.29, 1.82) is 0 Å². The lowest BCUT2D eigenvalue weighted by molar-refractivity contribution is -0.115. The first-order valence-corrected chi connectivity index (χ1v) is 7.62. The fraction of sp³-hybridized carbons (Fsp3) is 0.278. The largest absolute Gasteiger partial charge is 0.440 e. The first-order chi connectivity index (χ1) is 11.3. The molecule has 0 atom stereocenters. The first-order valence-electron chi connectivity index (χ1n) is 7.62. The van der Waals surface area contributed by atoms with Gasteiger partial charge in [0.25, 0.3) is 0 Å². The number of hydrogen-bond acceptors (Lipinski definition) is 4. The van der Waals surface area contributed by atoms with Crippen LogP contribution in [0.2, 0.25) is 0 Å². The van der Waals surface area contributed by atoms with Gasteiger partial charge in [0.05, 0.1) is 12.6 Å². The van der Waals surface area contributed by atoms with Crippen LogP contribution in [0.25, 0.3) is 11.1 Å². The van der Waals surface area contributed by atoms with Gasteiger partial charge in [-0.3, -0.25) is 9.78 Å². The van der Waals surface area contributed by atoms with Gasteiger partial charge in [-0.05, 0) is 30.3 Å². The molecule has 0 fully saturated rings. The number of rotatable bonds is 3. The summed E-state index contributed by atoms with van der Waals surface area (Å²) in [4.78, 5) is 20.4. The Bertz CT molecular complexity index is 879. The second-order valence-corrected chi connectivity index (χ2v) is 6.64. The highest BCUT2D eigenvalue weighted by atomic mass is 19.1. The van der Waals surface area contributed by atoms with E-state index < -0.39 is 5.82 Å². The Labute approximate surface area is 138 Å². The van der Waals surface area contributed by atoms with E-state index in [1.807, 2.05) is 20.8 Å². The maximum absolute atomic E-state index is 12.8. The van der Waals surface area contributed by atoms with E-state index in [4.69, 9.17) is 4.42 Å². The molecule has 3 rings (SSSR count). The molecule has 0 aliphatic heterocycles. The lowest BCUT2D eigenvalue weighted by Crippen LogP contribution is -2.15. The lowest BCUT2D eigenvalue weighted by Gasteiger charge is -2.11. The molecule has 0 radical (unpaired) electrons. The molecule has 0 spiro atoms. The Morgan fingerprint density at radius 2 is 2.04 bits per heavy atom. The number of anilines is 1. The number of carbonyl (C=O) groups excluding carboxylic acids is 1. The van der Waals surface area contributed by atoms with E-state index in [9.17, 15) is 9.18 Å². The van der Waals surface area contributed by atoms with Crippen molar-refractivity contribution in [2.45, 2.75) is 32.6 Å². The quantitative estimate of drug-likeness (QED) is 0.793. The second kappa shape index (κ2) is 6.03. The maximum atomic E-state index is 12.8. The van der Waals surface area contributed by atoms with E-state index in [1.54, 1.807) is 18.2 Å². The highest BCUT2D eigenvalue weighted by Gasteiger charge is 2.21. The van der Waals surface area contributed by atoms with Gasteiger partial charge in [-0.25, -0.2) is 9.37 Å². The summed E-state index contributed by atoms with van der Waals surface area (Å²) in [6.45, 7) is 6.07. The minimum Gasteiger partial charge on any atom is -0.440 e. The van der Waals surface area contributed by atoms with Gasteiger partial charge in [0.2, 0.25) is 11.8 Å². The summed E-state index contributed by atoms with van der Waals surface area (Å²) in [6.07, 6.45) is 1.17. The van der Waals surface area contributed by atoms with E-state index >= 15 is 0 Å². The molecule has 0 unspecified atom stereocenters. The second-order valence-electron chi connectivity index (χ2n) is 6.64. The minimum atomic E-state index is -0.426. The number of aromatic nitrogens is 2. The molecule has 0 aliphatic rings. The predicted octanol–water partition coefficient (Wildman–Crippen LogP) is 3.84. The number of carbonyl (C=O) groups is 1. The average Bonchev–Trinajstić information content (AvgIpc) is 2.93. The van der Waals surface area contributed by atoms with Gasteiger partial charge in [-0.15, -0.1) is 0 Å². The van der Waals surface area contributed by atoms with Gasteiger partial charge >= 0.3 is 0 Å². The number of nitrogens with one attached hydrogen (secondary N) is 1. The molecular weight excluding hydrogens is 309 g/mol. The van der Waals surface area contributed by atoms with Crippen LogP contribution >= 0.6 is 0 Å². The number of pyridine rings is 1. The number of benzene rings is 1. The molecule has 1 amide bonds. The molecule has 1 N–H and O–H groups in total. The summed E-state index contributed by atoms with van der Waals surface area (Å²) < 4.78 is 18.6. The van der Waals surface area contributed by atoms with E-state index in [0.29, 0.717) is 28.4 Å². The molecule has 0 saturated carbocycles. The molecule has 3 aromatic rings. The van der Waals surface area contributed by atoms with Crippen LogP contribution in [-0.2, 0) is 16.6 Å². The number of oxazole rings is 1. The molecule has 2 heterocycles. The van der Waals surface area contributed by atoms with Crippen molar-refractivity contribution in [3.8, 4) is 0 Å². The van der Waals surface area contributed by atoms with Gasteiger partial charge in [0.15, 0.2) is 5.58 Å². The summed E-state index contributed by atoms with van der Waals surface area (Å²) in [5, 5.41) is 2.79. The third kappa shape index (κ3) is 3.59. The van der Waals surface area contributed by atoms with Crippen LogP contribution < -0.4 is 5.32 Å². The van der Waals surface area contributed by atoms with Crippen LogP contribution in [-0.4, -0.2) is 15.9 Å². The summed E-state index contributed by atoms with van der Waals surface area (Å²) in [5.74, 6) is -0.00483. The SMILES string of the molecule is CC(C)(C)c1nc2cc(NC(=O)Cc3ccc(F)cn3)ccc2o1. The zero-order valence-corrected chi connectivity index (χ0v) is 13.8. The van der Waals surface area contributed by atoms with Crippen LogP contribution in [0.4, 0.5) is 10.1 Å². The Morgan fingerprint density at radius 1 is 1.25 bits per heavy atom. The van der Waals surface area contributed by atoms with Gasteiger partial charge in [-0.2, -0.15) is 0 Å². The highest BCUT2D eigenvalue weighted by molar-refractivity contribution is 5.93. The Kier molecular flexibility index (Phi) is 4.05. The number of amides is 1. The van der Waals surface area contributed by atoms with Crippen molar-refractivity contribution in [3.05, 3.63) is 53.9 Å². The van der Waals surface area contributed by atoms with Crippen molar-refractivity contribution in [3.63, 3.8) is 0 Å². The van der Waals surface area contributed by atoms with Crippen LogP contribution in [0, 0.1) is 5.82 Å². The molecule has 5 nitrogen and oxygen atoms in total. The van der Waals surface area contributed by atoms with Gasteiger partial charge in [0.1, 0.15) is 11.3 Å². The average molecular weight is 327 g/mol. The Morgan fingerprint density at radius 3 is 2.71 bits per heavy atom. The number of fused-ring (bicyclic) bond motifs is 1. The zero-order chi connectivity index (χ0) is 17.3. The predicted molar refractivity (Wildman–Crippen MR) is 89.2 cm³/mol. The van der Waals surface area contributed by atoms with E-state index in [-0.39, 0.29) is 17.7 Å². The van der Waals surface area contributed by atoms with Crippen molar-refractivity contribution < 1.29 is 13.6 Å². The molecule has 0 saturated heterocycles. The number of halogens is 1. The van der Waals surface area contributed by atoms with E-state index in [1.165, 1.54) is 12.1 Å². The van der Waals surface area contributed by atoms with Crippen molar-refractivity contribution in [2.24, 2.45) is 0 Å². The fourth-order valence-corrected chi connectivity index (χ4v) is 2.21. The topological polar surface area (TPSA) is 68.0 Å². The van der Waals surface area contributed by atoms with Crippen LogP contribution in [0.5, 0.6) is 0 Å². The minimum absolute atomic E-state index is 0.0738. The van der Waals surface area contributed by atoms with Crippen molar-refractivity contribution >= 4 is 22.7 Å². The molecule has 2 aromatic heterocycles. The fourth-order valence-electron chi connectivity index (χ4n) is 2.21. The summed E-state index contributed by atoms with van der Waals surface area (Å²) >= 11 is 0. The molecule has 0 aliphatic carbocycles. The molecule has 124 valence electrons. The Hall–Kier alpha value is -2.76. The third-order valence-corrected chi connectivity index (χ3v) is 3.44. The van der Waals surface area contributed by atoms with Gasteiger partial charge in [0, 0.05) is 16.8 Å². The third-order valence-electron chi connectivity index (χ3n) is 3.44. The number of hydrogen-bond donors (Lipinski definition) is 1. The maximum Gasteiger partial charge on any atom is 0.230 e. The van der Waals surface area contributed by atoms with E-state index in [0.717, 1.165) is 6.20 Å². The normalized spacial score (nSPS) is 11.7. The lowest BCUT2D eigenvalue weighted by atomic mass is 9.97. The zero-order valence-electron chi connectivity index (χ0n) is 13.8. The monoisotopic (exact) mass is 327 g/mol. The van der Waals surface area contributed by atoms with Gasteiger partial charge < -0.3 is 9.73 Å². The molecule has 24 heavy (non-hydrogen) atoms.